The van der Waals surface area contributed by atoms with E-state index < -0.39 is 23.1 Å². The SMILES string of the molecule is C=CCn1c2c(c(=O)[nH]c1=O)[C@H](c1ccc(Br)cc1)C1=C(COC1=O)N2. The first-order valence-electron chi connectivity index (χ1n) is 7.92. The first kappa shape index (κ1) is 16.6. The second kappa shape index (κ2) is 6.14. The van der Waals surface area contributed by atoms with Gasteiger partial charge in [0.1, 0.15) is 12.4 Å². The fourth-order valence-corrected chi connectivity index (χ4v) is 3.64. The van der Waals surface area contributed by atoms with E-state index in [1.54, 1.807) is 6.08 Å². The topological polar surface area (TPSA) is 93.2 Å². The molecule has 1 aromatic carbocycles. The maximum absolute atomic E-state index is 12.7. The van der Waals surface area contributed by atoms with Crippen molar-refractivity contribution in [2.24, 2.45) is 0 Å². The molecule has 0 unspecified atom stereocenters. The van der Waals surface area contributed by atoms with Crippen molar-refractivity contribution in [1.82, 2.24) is 9.55 Å². The van der Waals surface area contributed by atoms with E-state index in [4.69, 9.17) is 4.74 Å². The predicted molar refractivity (Wildman–Crippen MR) is 99.1 cm³/mol. The van der Waals surface area contributed by atoms with Gasteiger partial charge in [-0.2, -0.15) is 0 Å². The summed E-state index contributed by atoms with van der Waals surface area (Å²) in [6.07, 6.45) is 1.57. The van der Waals surface area contributed by atoms with Gasteiger partial charge >= 0.3 is 11.7 Å². The zero-order valence-electron chi connectivity index (χ0n) is 13.5. The molecule has 0 spiro atoms. The van der Waals surface area contributed by atoms with Gasteiger partial charge in [-0.25, -0.2) is 9.59 Å². The second-order valence-electron chi connectivity index (χ2n) is 6.00. The number of halogens is 1. The molecular weight excluding hydrogens is 402 g/mol. The van der Waals surface area contributed by atoms with Crippen LogP contribution in [0.1, 0.15) is 17.0 Å². The summed E-state index contributed by atoms with van der Waals surface area (Å²) >= 11 is 3.39. The first-order chi connectivity index (χ1) is 12.5. The van der Waals surface area contributed by atoms with Crippen LogP contribution in [0.25, 0.3) is 0 Å². The van der Waals surface area contributed by atoms with Crippen molar-refractivity contribution in [2.75, 3.05) is 11.9 Å². The highest BCUT2D eigenvalue weighted by atomic mass is 79.9. The van der Waals surface area contributed by atoms with Crippen molar-refractivity contribution in [3.05, 3.63) is 84.6 Å². The van der Waals surface area contributed by atoms with Gasteiger partial charge in [0.05, 0.1) is 22.8 Å². The molecule has 2 aliphatic heterocycles. The predicted octanol–water partition coefficient (Wildman–Crippen LogP) is 1.85. The van der Waals surface area contributed by atoms with Gasteiger partial charge in [-0.3, -0.25) is 14.3 Å². The number of anilines is 1. The maximum Gasteiger partial charge on any atom is 0.337 e. The summed E-state index contributed by atoms with van der Waals surface area (Å²) in [5, 5.41) is 3.06. The van der Waals surface area contributed by atoms with Crippen molar-refractivity contribution in [3.63, 3.8) is 0 Å². The molecule has 132 valence electrons. The lowest BCUT2D eigenvalue weighted by Gasteiger charge is -2.28. The molecule has 0 saturated carbocycles. The maximum atomic E-state index is 12.7. The summed E-state index contributed by atoms with van der Waals surface area (Å²) in [7, 11) is 0. The Hall–Kier alpha value is -2.87. The van der Waals surface area contributed by atoms with Crippen LogP contribution in [0.2, 0.25) is 0 Å². The molecule has 0 saturated heterocycles. The molecule has 2 N–H and O–H groups in total. The first-order valence-corrected chi connectivity index (χ1v) is 8.71. The average Bonchev–Trinajstić information content (AvgIpc) is 2.98. The number of carbonyl (C=O) groups excluding carboxylic acids is 1. The number of fused-ring (bicyclic) bond motifs is 1. The number of H-pyrrole nitrogens is 1. The third kappa shape index (κ3) is 2.45. The molecule has 1 aromatic heterocycles. The van der Waals surface area contributed by atoms with E-state index in [1.807, 2.05) is 24.3 Å². The summed E-state index contributed by atoms with van der Waals surface area (Å²) < 4.78 is 7.44. The van der Waals surface area contributed by atoms with Gasteiger partial charge in [0.15, 0.2) is 0 Å². The highest BCUT2D eigenvalue weighted by Crippen LogP contribution is 2.42. The quantitative estimate of drug-likeness (QED) is 0.589. The van der Waals surface area contributed by atoms with Crippen molar-refractivity contribution in [1.29, 1.82) is 0 Å². The number of esters is 1. The number of hydrogen-bond donors (Lipinski definition) is 2. The van der Waals surface area contributed by atoms with Crippen LogP contribution in [0.15, 0.2) is 62.3 Å². The van der Waals surface area contributed by atoms with E-state index in [1.165, 1.54) is 4.57 Å². The lowest BCUT2D eigenvalue weighted by Crippen LogP contribution is -2.38. The third-order valence-electron chi connectivity index (χ3n) is 4.49. The van der Waals surface area contributed by atoms with Crippen molar-refractivity contribution >= 4 is 27.7 Å². The zero-order chi connectivity index (χ0) is 18.4. The number of benzene rings is 1. The number of nitrogens with zero attached hydrogens (tertiary/aromatic N) is 1. The lowest BCUT2D eigenvalue weighted by atomic mass is 9.83. The number of ether oxygens (including phenoxy) is 1. The third-order valence-corrected chi connectivity index (χ3v) is 5.02. The van der Waals surface area contributed by atoms with E-state index >= 15 is 0 Å². The van der Waals surface area contributed by atoms with Gasteiger partial charge in [-0.1, -0.05) is 34.1 Å². The largest absolute Gasteiger partial charge is 0.456 e. The molecule has 4 rings (SSSR count). The van der Waals surface area contributed by atoms with Gasteiger partial charge < -0.3 is 10.1 Å². The monoisotopic (exact) mass is 415 g/mol. The van der Waals surface area contributed by atoms with E-state index in [0.29, 0.717) is 22.7 Å². The van der Waals surface area contributed by atoms with Crippen LogP contribution in [-0.4, -0.2) is 22.1 Å². The molecule has 2 aliphatic rings. The molecular formula is C18H14BrN3O4. The average molecular weight is 416 g/mol. The van der Waals surface area contributed by atoms with Gasteiger partial charge in [0.25, 0.3) is 5.56 Å². The van der Waals surface area contributed by atoms with E-state index in [9.17, 15) is 14.4 Å². The second-order valence-corrected chi connectivity index (χ2v) is 6.91. The van der Waals surface area contributed by atoms with Crippen LogP contribution in [-0.2, 0) is 16.1 Å². The molecule has 7 nitrogen and oxygen atoms in total. The number of nitrogens with one attached hydrogen (secondary N) is 2. The molecule has 0 fully saturated rings. The number of cyclic esters (lactones) is 1. The normalized spacial score (nSPS) is 18.0. The number of allylic oxidation sites excluding steroid dienone is 1. The Morgan fingerprint density at radius 2 is 2.00 bits per heavy atom. The highest BCUT2D eigenvalue weighted by Gasteiger charge is 2.41. The van der Waals surface area contributed by atoms with Crippen LogP contribution in [0, 0.1) is 0 Å². The Balaban J connectivity index is 2.04. The molecule has 26 heavy (non-hydrogen) atoms. The number of aromatic amines is 1. The van der Waals surface area contributed by atoms with Crippen molar-refractivity contribution in [2.45, 2.75) is 12.5 Å². The number of carbonyl (C=O) groups is 1. The molecule has 3 heterocycles. The molecule has 0 radical (unpaired) electrons. The fraction of sp³-hybridized carbons (Fsp3) is 0.167. The van der Waals surface area contributed by atoms with Crippen LogP contribution in [0.5, 0.6) is 0 Å². The summed E-state index contributed by atoms with van der Waals surface area (Å²) in [5.74, 6) is -0.722. The zero-order valence-corrected chi connectivity index (χ0v) is 15.1. The minimum atomic E-state index is -0.621. The van der Waals surface area contributed by atoms with Crippen molar-refractivity contribution < 1.29 is 9.53 Å². The Labute approximate surface area is 156 Å². The number of aromatic nitrogens is 2. The Morgan fingerprint density at radius 3 is 2.69 bits per heavy atom. The van der Waals surface area contributed by atoms with Gasteiger partial charge in [0.2, 0.25) is 0 Å². The molecule has 0 amide bonds. The fourth-order valence-electron chi connectivity index (χ4n) is 3.38. The van der Waals surface area contributed by atoms with Crippen molar-refractivity contribution in [3.8, 4) is 0 Å². The van der Waals surface area contributed by atoms with E-state index in [-0.39, 0.29) is 13.2 Å². The molecule has 8 heteroatoms. The smallest absolute Gasteiger partial charge is 0.337 e. The van der Waals surface area contributed by atoms with Gasteiger partial charge in [0, 0.05) is 11.0 Å². The Morgan fingerprint density at radius 1 is 1.27 bits per heavy atom. The molecule has 0 bridgehead atoms. The summed E-state index contributed by atoms with van der Waals surface area (Å²) in [5.41, 5.74) is 0.970. The van der Waals surface area contributed by atoms with Crippen LogP contribution in [0.4, 0.5) is 5.82 Å². The van der Waals surface area contributed by atoms with Crippen LogP contribution in [0.3, 0.4) is 0 Å². The number of rotatable bonds is 3. The minimum absolute atomic E-state index is 0.0791. The summed E-state index contributed by atoms with van der Waals surface area (Å²) in [4.78, 5) is 39.6. The van der Waals surface area contributed by atoms with E-state index in [0.717, 1.165) is 10.0 Å². The van der Waals surface area contributed by atoms with E-state index in [2.05, 4.69) is 32.8 Å². The van der Waals surface area contributed by atoms with Crippen LogP contribution < -0.4 is 16.6 Å². The summed E-state index contributed by atoms with van der Waals surface area (Å²) in [6.45, 7) is 3.96. The highest BCUT2D eigenvalue weighted by molar-refractivity contribution is 9.10. The van der Waals surface area contributed by atoms with Gasteiger partial charge in [-0.05, 0) is 17.7 Å². The van der Waals surface area contributed by atoms with Crippen LogP contribution >= 0.6 is 15.9 Å². The Kier molecular flexibility index (Phi) is 3.91. The molecule has 2 aromatic rings. The number of hydrogen-bond acceptors (Lipinski definition) is 5. The Bertz CT molecular complexity index is 1080. The summed E-state index contributed by atoms with van der Waals surface area (Å²) in [6, 6.07) is 7.35. The van der Waals surface area contributed by atoms with Gasteiger partial charge in [-0.15, -0.1) is 6.58 Å². The molecule has 0 aliphatic carbocycles. The molecule has 1 atom stereocenters. The standard InChI is InChI=1S/C18H14BrN3O4/c1-2-7-22-15-14(16(23)21-18(22)25)12(9-3-5-10(19)6-4-9)13-11(20-15)8-26-17(13)24/h2-6,12,20H,1,7-8H2,(H,21,23,25)/t12-/m1/s1. The minimum Gasteiger partial charge on any atom is -0.456 e. The lowest BCUT2D eigenvalue weighted by molar-refractivity contribution is -0.136.